The SMILES string of the molecule is C#CCCCC(=O)N(CC(=O)N(CC(N)=O)[C@@H](C)C1CCCCC1)Cc1ccccc1. The van der Waals surface area contributed by atoms with E-state index in [0.717, 1.165) is 31.2 Å². The van der Waals surface area contributed by atoms with Crippen molar-refractivity contribution in [2.75, 3.05) is 13.1 Å². The molecule has 2 N–H and O–H groups in total. The normalized spacial score (nSPS) is 15.0. The summed E-state index contributed by atoms with van der Waals surface area (Å²) in [7, 11) is 0. The van der Waals surface area contributed by atoms with Crippen LogP contribution in [0.5, 0.6) is 0 Å². The third kappa shape index (κ3) is 8.09. The minimum atomic E-state index is -0.536. The second-order valence-corrected chi connectivity index (χ2v) is 8.42. The van der Waals surface area contributed by atoms with Gasteiger partial charge < -0.3 is 15.5 Å². The van der Waals surface area contributed by atoms with Crippen LogP contribution in [-0.2, 0) is 20.9 Å². The molecule has 0 bridgehead atoms. The number of primary amides is 1. The third-order valence-electron chi connectivity index (χ3n) is 6.08. The molecule has 0 aliphatic heterocycles. The zero-order valence-corrected chi connectivity index (χ0v) is 18.6. The van der Waals surface area contributed by atoms with E-state index >= 15 is 0 Å². The van der Waals surface area contributed by atoms with E-state index in [4.69, 9.17) is 12.2 Å². The molecule has 1 fully saturated rings. The number of nitrogens with zero attached hydrogens (tertiary/aromatic N) is 2. The molecule has 2 rings (SSSR count). The molecule has 0 unspecified atom stereocenters. The summed E-state index contributed by atoms with van der Waals surface area (Å²) in [4.78, 5) is 41.0. The van der Waals surface area contributed by atoms with Crippen LogP contribution in [0.25, 0.3) is 0 Å². The number of benzene rings is 1. The predicted molar refractivity (Wildman–Crippen MR) is 121 cm³/mol. The van der Waals surface area contributed by atoms with E-state index in [2.05, 4.69) is 5.92 Å². The molecular formula is C25H35N3O3. The Kier molecular flexibility index (Phi) is 10.1. The van der Waals surface area contributed by atoms with E-state index < -0.39 is 5.91 Å². The van der Waals surface area contributed by atoms with Crippen molar-refractivity contribution < 1.29 is 14.4 Å². The molecule has 1 aliphatic rings. The number of nitrogens with two attached hydrogens (primary N) is 1. The lowest BCUT2D eigenvalue weighted by Gasteiger charge is -2.37. The Bertz CT molecular complexity index is 766. The number of terminal acetylenes is 1. The molecule has 1 aromatic carbocycles. The second-order valence-electron chi connectivity index (χ2n) is 8.42. The Morgan fingerprint density at radius 1 is 1.10 bits per heavy atom. The Morgan fingerprint density at radius 2 is 1.77 bits per heavy atom. The van der Waals surface area contributed by atoms with Crippen LogP contribution < -0.4 is 5.73 Å². The zero-order chi connectivity index (χ0) is 22.6. The van der Waals surface area contributed by atoms with Crippen LogP contribution in [0, 0.1) is 18.3 Å². The average Bonchev–Trinajstić information content (AvgIpc) is 2.77. The summed E-state index contributed by atoms with van der Waals surface area (Å²) in [6, 6.07) is 9.49. The van der Waals surface area contributed by atoms with Crippen molar-refractivity contribution >= 4 is 17.7 Å². The summed E-state index contributed by atoms with van der Waals surface area (Å²) in [5.74, 6) is 2.01. The first-order valence-electron chi connectivity index (χ1n) is 11.2. The molecule has 6 heteroatoms. The lowest BCUT2D eigenvalue weighted by Crippen LogP contribution is -2.51. The fourth-order valence-electron chi connectivity index (χ4n) is 4.29. The zero-order valence-electron chi connectivity index (χ0n) is 18.6. The molecule has 1 saturated carbocycles. The van der Waals surface area contributed by atoms with Gasteiger partial charge in [-0.15, -0.1) is 12.3 Å². The summed E-state index contributed by atoms with van der Waals surface area (Å²) in [5, 5.41) is 0. The number of carbonyl (C=O) groups is 3. The molecule has 168 valence electrons. The van der Waals surface area contributed by atoms with Crippen LogP contribution in [0.3, 0.4) is 0 Å². The second kappa shape index (κ2) is 12.8. The van der Waals surface area contributed by atoms with Gasteiger partial charge in [-0.1, -0.05) is 49.6 Å². The molecule has 31 heavy (non-hydrogen) atoms. The molecule has 0 aromatic heterocycles. The number of unbranched alkanes of at least 4 members (excludes halogenated alkanes) is 1. The maximum absolute atomic E-state index is 13.3. The number of rotatable bonds is 11. The molecule has 6 nitrogen and oxygen atoms in total. The highest BCUT2D eigenvalue weighted by atomic mass is 16.2. The van der Waals surface area contributed by atoms with Crippen molar-refractivity contribution in [1.29, 1.82) is 0 Å². The summed E-state index contributed by atoms with van der Waals surface area (Å²) in [6.07, 6.45) is 12.3. The molecule has 0 spiro atoms. The van der Waals surface area contributed by atoms with Gasteiger partial charge in [-0.2, -0.15) is 0 Å². The van der Waals surface area contributed by atoms with E-state index in [0.29, 0.717) is 25.3 Å². The Morgan fingerprint density at radius 3 is 2.39 bits per heavy atom. The molecule has 1 aliphatic carbocycles. The highest BCUT2D eigenvalue weighted by molar-refractivity contribution is 5.88. The smallest absolute Gasteiger partial charge is 0.242 e. The topological polar surface area (TPSA) is 83.7 Å². The van der Waals surface area contributed by atoms with Crippen LogP contribution in [0.4, 0.5) is 0 Å². The van der Waals surface area contributed by atoms with Gasteiger partial charge in [0.2, 0.25) is 17.7 Å². The number of hydrogen-bond donors (Lipinski definition) is 1. The van der Waals surface area contributed by atoms with Gasteiger partial charge in [0.05, 0.1) is 6.54 Å². The number of hydrogen-bond acceptors (Lipinski definition) is 3. The van der Waals surface area contributed by atoms with Gasteiger partial charge >= 0.3 is 0 Å². The van der Waals surface area contributed by atoms with E-state index in [9.17, 15) is 14.4 Å². The van der Waals surface area contributed by atoms with Crippen LogP contribution >= 0.6 is 0 Å². The Balaban J connectivity index is 2.15. The minimum absolute atomic E-state index is 0.0753. The maximum Gasteiger partial charge on any atom is 0.242 e. The predicted octanol–water partition coefficient (Wildman–Crippen LogP) is 3.10. The van der Waals surface area contributed by atoms with Crippen molar-refractivity contribution in [3.8, 4) is 12.3 Å². The Labute approximate surface area is 186 Å². The number of carbonyl (C=O) groups excluding carboxylic acids is 3. The highest BCUT2D eigenvalue weighted by Gasteiger charge is 2.31. The van der Waals surface area contributed by atoms with Crippen molar-refractivity contribution in [3.05, 3.63) is 35.9 Å². The average molecular weight is 426 g/mol. The van der Waals surface area contributed by atoms with Gasteiger partial charge in [0.1, 0.15) is 6.54 Å². The van der Waals surface area contributed by atoms with Crippen LogP contribution in [-0.4, -0.2) is 46.7 Å². The maximum atomic E-state index is 13.3. The Hall–Kier alpha value is -2.81. The van der Waals surface area contributed by atoms with Gasteiger partial charge in [0.15, 0.2) is 0 Å². The van der Waals surface area contributed by atoms with Crippen molar-refractivity contribution in [3.63, 3.8) is 0 Å². The highest BCUT2D eigenvalue weighted by Crippen LogP contribution is 2.29. The van der Waals surface area contributed by atoms with Crippen LogP contribution in [0.1, 0.15) is 63.9 Å². The lowest BCUT2D eigenvalue weighted by atomic mass is 9.84. The van der Waals surface area contributed by atoms with Gasteiger partial charge in [0.25, 0.3) is 0 Å². The quantitative estimate of drug-likeness (QED) is 0.437. The first-order valence-corrected chi connectivity index (χ1v) is 11.2. The summed E-state index contributed by atoms with van der Waals surface area (Å²) >= 11 is 0. The summed E-state index contributed by atoms with van der Waals surface area (Å²) in [5.41, 5.74) is 6.41. The first kappa shape index (κ1) is 24.5. The van der Waals surface area contributed by atoms with Gasteiger partial charge in [-0.25, -0.2) is 0 Å². The molecular weight excluding hydrogens is 390 g/mol. The fraction of sp³-hybridized carbons (Fsp3) is 0.560. The standard InChI is InChI=1S/C25H35N3O3/c1-3-4-7-16-24(30)27(17-21-12-8-5-9-13-21)19-25(31)28(18-23(26)29)20(2)22-14-10-6-11-15-22/h1,5,8-9,12-13,20,22H,4,6-7,10-11,14-19H2,2H3,(H2,26,29)/t20-/m0/s1. The van der Waals surface area contributed by atoms with Crippen LogP contribution in [0.15, 0.2) is 30.3 Å². The van der Waals surface area contributed by atoms with E-state index in [1.54, 1.807) is 9.80 Å². The molecule has 1 atom stereocenters. The van der Waals surface area contributed by atoms with E-state index in [1.165, 1.54) is 6.42 Å². The minimum Gasteiger partial charge on any atom is -0.368 e. The van der Waals surface area contributed by atoms with E-state index in [-0.39, 0.29) is 37.4 Å². The van der Waals surface area contributed by atoms with Crippen molar-refractivity contribution in [2.45, 2.75) is 70.9 Å². The molecule has 0 heterocycles. The fourth-order valence-corrected chi connectivity index (χ4v) is 4.29. The van der Waals surface area contributed by atoms with Gasteiger partial charge in [0, 0.05) is 25.4 Å². The number of amides is 3. The first-order chi connectivity index (χ1) is 14.9. The largest absolute Gasteiger partial charge is 0.368 e. The molecule has 0 saturated heterocycles. The van der Waals surface area contributed by atoms with Gasteiger partial charge in [-0.3, -0.25) is 14.4 Å². The summed E-state index contributed by atoms with van der Waals surface area (Å²) < 4.78 is 0. The molecule has 1 aromatic rings. The van der Waals surface area contributed by atoms with Crippen LogP contribution in [0.2, 0.25) is 0 Å². The van der Waals surface area contributed by atoms with Gasteiger partial charge in [-0.05, 0) is 37.7 Å². The monoisotopic (exact) mass is 425 g/mol. The lowest BCUT2D eigenvalue weighted by molar-refractivity contribution is -0.144. The van der Waals surface area contributed by atoms with Crippen molar-refractivity contribution in [1.82, 2.24) is 9.80 Å². The third-order valence-corrected chi connectivity index (χ3v) is 6.08. The molecule has 0 radical (unpaired) electrons. The van der Waals surface area contributed by atoms with E-state index in [1.807, 2.05) is 37.3 Å². The molecule has 3 amide bonds. The van der Waals surface area contributed by atoms with Crippen molar-refractivity contribution in [2.24, 2.45) is 11.7 Å². The summed E-state index contributed by atoms with van der Waals surface area (Å²) in [6.45, 7) is 2.13.